The molecular weight excluding hydrogens is 360 g/mol. The van der Waals surface area contributed by atoms with Crippen LogP contribution in [-0.4, -0.2) is 68.0 Å². The molecule has 1 saturated heterocycles. The van der Waals surface area contributed by atoms with E-state index in [0.29, 0.717) is 5.92 Å². The fourth-order valence-electron chi connectivity index (χ4n) is 4.25. The first-order valence-corrected chi connectivity index (χ1v) is 10.6. The van der Waals surface area contributed by atoms with Crippen LogP contribution >= 0.6 is 11.3 Å². The Morgan fingerprint density at radius 1 is 1.30 bits per heavy atom. The molecule has 1 fully saturated rings. The van der Waals surface area contributed by atoms with Gasteiger partial charge in [-0.05, 0) is 37.3 Å². The lowest BCUT2D eigenvalue weighted by molar-refractivity contribution is 0.0631. The minimum absolute atomic E-state index is 0.0694. The summed E-state index contributed by atoms with van der Waals surface area (Å²) in [5, 5.41) is 5.57. The minimum Gasteiger partial charge on any atom is -0.333 e. The van der Waals surface area contributed by atoms with E-state index in [9.17, 15) is 4.79 Å². The van der Waals surface area contributed by atoms with Crippen molar-refractivity contribution in [2.75, 3.05) is 32.7 Å². The predicted molar refractivity (Wildman–Crippen MR) is 105 cm³/mol. The number of rotatable bonds is 2. The fourth-order valence-corrected chi connectivity index (χ4v) is 5.42. The summed E-state index contributed by atoms with van der Waals surface area (Å²) in [6, 6.07) is 0. The first-order chi connectivity index (χ1) is 13.1. The Hall–Kier alpha value is -2.06. The number of thiophene rings is 1. The van der Waals surface area contributed by atoms with Crippen LogP contribution in [-0.2, 0) is 12.8 Å². The van der Waals surface area contributed by atoms with Crippen LogP contribution in [0.3, 0.4) is 0 Å². The Morgan fingerprint density at radius 2 is 2.11 bits per heavy atom. The Kier molecular flexibility index (Phi) is 4.12. The second kappa shape index (κ2) is 6.53. The SMILES string of the molecule is CCN1CCN(C(=O)c2nc3c4c5c(sc4ncn3n2)CC[C@H](C)C5)CC1. The van der Waals surface area contributed by atoms with Crippen LogP contribution in [0.5, 0.6) is 0 Å². The van der Waals surface area contributed by atoms with Crippen LogP contribution in [0.15, 0.2) is 6.33 Å². The van der Waals surface area contributed by atoms with E-state index in [2.05, 4.69) is 33.8 Å². The highest BCUT2D eigenvalue weighted by Crippen LogP contribution is 2.38. The minimum atomic E-state index is -0.0694. The lowest BCUT2D eigenvalue weighted by atomic mass is 9.89. The number of aromatic nitrogens is 4. The van der Waals surface area contributed by atoms with Gasteiger partial charge in [0.05, 0.1) is 5.39 Å². The van der Waals surface area contributed by atoms with E-state index in [4.69, 9.17) is 0 Å². The molecule has 0 spiro atoms. The molecule has 8 heteroatoms. The maximum Gasteiger partial charge on any atom is 0.293 e. The van der Waals surface area contributed by atoms with Gasteiger partial charge in [-0.25, -0.2) is 14.5 Å². The maximum absolute atomic E-state index is 12.9. The van der Waals surface area contributed by atoms with E-state index < -0.39 is 0 Å². The topological polar surface area (TPSA) is 66.6 Å². The summed E-state index contributed by atoms with van der Waals surface area (Å²) in [7, 11) is 0. The third-order valence-electron chi connectivity index (χ3n) is 5.93. The summed E-state index contributed by atoms with van der Waals surface area (Å²) >= 11 is 1.77. The van der Waals surface area contributed by atoms with Gasteiger partial charge in [0.2, 0.25) is 5.82 Å². The van der Waals surface area contributed by atoms with Crippen molar-refractivity contribution < 1.29 is 4.79 Å². The Bertz CT molecular complexity index is 1020. The summed E-state index contributed by atoms with van der Waals surface area (Å²) in [6.07, 6.45) is 5.11. The molecule has 1 aliphatic heterocycles. The smallest absolute Gasteiger partial charge is 0.293 e. The lowest BCUT2D eigenvalue weighted by Crippen LogP contribution is -2.48. The highest BCUT2D eigenvalue weighted by Gasteiger charge is 2.27. The van der Waals surface area contributed by atoms with E-state index in [1.165, 1.54) is 16.9 Å². The number of nitrogens with zero attached hydrogens (tertiary/aromatic N) is 6. The highest BCUT2D eigenvalue weighted by atomic mass is 32.1. The molecule has 5 rings (SSSR count). The van der Waals surface area contributed by atoms with Gasteiger partial charge in [0.15, 0.2) is 5.65 Å². The predicted octanol–water partition coefficient (Wildman–Crippen LogP) is 2.24. The molecule has 0 unspecified atom stereocenters. The van der Waals surface area contributed by atoms with Gasteiger partial charge in [-0.15, -0.1) is 16.4 Å². The number of fused-ring (bicyclic) bond motifs is 5. The number of hydrogen-bond donors (Lipinski definition) is 0. The van der Waals surface area contributed by atoms with Crippen molar-refractivity contribution in [3.05, 3.63) is 22.6 Å². The zero-order valence-electron chi connectivity index (χ0n) is 15.8. The van der Waals surface area contributed by atoms with Crippen molar-refractivity contribution in [3.8, 4) is 0 Å². The number of amides is 1. The van der Waals surface area contributed by atoms with E-state index in [-0.39, 0.29) is 11.7 Å². The largest absolute Gasteiger partial charge is 0.333 e. The third-order valence-corrected chi connectivity index (χ3v) is 7.13. The molecule has 1 aliphatic carbocycles. The van der Waals surface area contributed by atoms with Gasteiger partial charge in [0, 0.05) is 31.1 Å². The first-order valence-electron chi connectivity index (χ1n) is 9.81. The van der Waals surface area contributed by atoms with Crippen LogP contribution in [0.1, 0.15) is 41.3 Å². The Balaban J connectivity index is 1.53. The molecule has 0 aromatic carbocycles. The van der Waals surface area contributed by atoms with Crippen molar-refractivity contribution in [2.45, 2.75) is 33.1 Å². The van der Waals surface area contributed by atoms with E-state index >= 15 is 0 Å². The summed E-state index contributed by atoms with van der Waals surface area (Å²) in [6.45, 7) is 8.79. The van der Waals surface area contributed by atoms with Gasteiger partial charge in [0.1, 0.15) is 11.2 Å². The molecule has 3 aromatic rings. The second-order valence-corrected chi connectivity index (χ2v) is 8.79. The first kappa shape index (κ1) is 17.1. The molecule has 4 heterocycles. The van der Waals surface area contributed by atoms with Crippen molar-refractivity contribution in [2.24, 2.45) is 5.92 Å². The summed E-state index contributed by atoms with van der Waals surface area (Å²) < 4.78 is 1.68. The Morgan fingerprint density at radius 3 is 2.89 bits per heavy atom. The molecule has 1 amide bonds. The number of likely N-dealkylation sites (N-methyl/N-ethyl adjacent to an activating group) is 1. The number of carbonyl (C=O) groups is 1. The molecule has 27 heavy (non-hydrogen) atoms. The normalized spacial score (nSPS) is 21.1. The van der Waals surface area contributed by atoms with Crippen LogP contribution in [0.4, 0.5) is 0 Å². The van der Waals surface area contributed by atoms with Gasteiger partial charge in [-0.2, -0.15) is 0 Å². The van der Waals surface area contributed by atoms with Crippen LogP contribution in [0, 0.1) is 5.92 Å². The van der Waals surface area contributed by atoms with Gasteiger partial charge >= 0.3 is 0 Å². The van der Waals surface area contributed by atoms with Gasteiger partial charge in [0.25, 0.3) is 5.91 Å². The average Bonchev–Trinajstić information content (AvgIpc) is 3.28. The fraction of sp³-hybridized carbons (Fsp3) is 0.579. The molecular formula is C19H24N6OS. The molecule has 0 radical (unpaired) electrons. The molecule has 7 nitrogen and oxygen atoms in total. The molecule has 142 valence electrons. The number of hydrogen-bond acceptors (Lipinski definition) is 6. The van der Waals surface area contributed by atoms with Gasteiger partial charge < -0.3 is 9.80 Å². The lowest BCUT2D eigenvalue weighted by Gasteiger charge is -2.33. The Labute approximate surface area is 162 Å². The molecule has 3 aromatic heterocycles. The molecule has 0 saturated carbocycles. The van der Waals surface area contributed by atoms with Crippen molar-refractivity contribution in [3.63, 3.8) is 0 Å². The standard InChI is InChI=1S/C19H24N6OS/c1-3-23-6-8-24(9-7-23)19(26)16-21-17-15-13-10-12(2)4-5-14(13)27-18(15)20-11-25(17)22-16/h11-12H,3-10H2,1-2H3/t12-/m0/s1. The monoisotopic (exact) mass is 384 g/mol. The van der Waals surface area contributed by atoms with Gasteiger partial charge in [-0.1, -0.05) is 13.8 Å². The number of aryl methyl sites for hydroxylation is 1. The third kappa shape index (κ3) is 2.82. The summed E-state index contributed by atoms with van der Waals surface area (Å²) in [5.74, 6) is 0.896. The summed E-state index contributed by atoms with van der Waals surface area (Å²) in [5.41, 5.74) is 2.15. The average molecular weight is 385 g/mol. The van der Waals surface area contributed by atoms with Gasteiger partial charge in [-0.3, -0.25) is 4.79 Å². The van der Waals surface area contributed by atoms with E-state index in [1.807, 2.05) is 4.90 Å². The highest BCUT2D eigenvalue weighted by molar-refractivity contribution is 7.19. The zero-order valence-corrected chi connectivity index (χ0v) is 16.6. The molecule has 0 N–H and O–H groups in total. The maximum atomic E-state index is 12.9. The van der Waals surface area contributed by atoms with Crippen molar-refractivity contribution >= 4 is 33.1 Å². The quantitative estimate of drug-likeness (QED) is 0.678. The second-order valence-electron chi connectivity index (χ2n) is 7.71. The molecule has 1 atom stereocenters. The number of piperazine rings is 1. The molecule has 2 aliphatic rings. The molecule has 0 bridgehead atoms. The van der Waals surface area contributed by atoms with Crippen LogP contribution in [0.25, 0.3) is 15.9 Å². The zero-order chi connectivity index (χ0) is 18.5. The van der Waals surface area contributed by atoms with Crippen molar-refractivity contribution in [1.29, 1.82) is 0 Å². The summed E-state index contributed by atoms with van der Waals surface area (Å²) in [4.78, 5) is 28.9. The van der Waals surface area contributed by atoms with Crippen LogP contribution < -0.4 is 0 Å². The van der Waals surface area contributed by atoms with Crippen molar-refractivity contribution in [1.82, 2.24) is 29.4 Å². The number of carbonyl (C=O) groups excluding carboxylic acids is 1. The van der Waals surface area contributed by atoms with Crippen LogP contribution in [0.2, 0.25) is 0 Å². The van der Waals surface area contributed by atoms with E-state index in [0.717, 1.165) is 61.4 Å². The van der Waals surface area contributed by atoms with E-state index in [1.54, 1.807) is 22.2 Å².